The van der Waals surface area contributed by atoms with Crippen LogP contribution in [-0.4, -0.2) is 21.7 Å². The van der Waals surface area contributed by atoms with Gasteiger partial charge in [-0.05, 0) is 25.1 Å². The molecule has 0 saturated heterocycles. The van der Waals surface area contributed by atoms with Gasteiger partial charge >= 0.3 is 0 Å². The molecule has 0 aliphatic carbocycles. The first-order valence-corrected chi connectivity index (χ1v) is 7.45. The third-order valence-electron chi connectivity index (χ3n) is 3.66. The van der Waals surface area contributed by atoms with Crippen LogP contribution < -0.4 is 5.32 Å². The molecule has 0 radical (unpaired) electrons. The maximum absolute atomic E-state index is 12.1. The van der Waals surface area contributed by atoms with Gasteiger partial charge in [0.25, 0.3) is 0 Å². The SMILES string of the molecule is Cc1ccc(C(=O)CCC(=O)Nc2ccc3nc[nH]c3c2)cc1. The highest BCUT2D eigenvalue weighted by Gasteiger charge is 2.10. The number of Topliss-reactive ketones (excluding diaryl/α,β-unsaturated/α-hetero) is 1. The predicted octanol–water partition coefficient (Wildman–Crippen LogP) is 3.47. The number of hydrogen-bond donors (Lipinski definition) is 2. The molecule has 0 aliphatic rings. The second-order valence-corrected chi connectivity index (χ2v) is 5.47. The van der Waals surface area contributed by atoms with E-state index in [1.807, 2.05) is 31.2 Å². The van der Waals surface area contributed by atoms with Gasteiger partial charge in [-0.2, -0.15) is 0 Å². The van der Waals surface area contributed by atoms with Crippen molar-refractivity contribution in [3.63, 3.8) is 0 Å². The summed E-state index contributed by atoms with van der Waals surface area (Å²) in [6.45, 7) is 1.97. The molecule has 5 nitrogen and oxygen atoms in total. The number of aromatic amines is 1. The molecule has 0 bridgehead atoms. The fraction of sp³-hybridized carbons (Fsp3) is 0.167. The van der Waals surface area contributed by atoms with E-state index in [2.05, 4.69) is 15.3 Å². The summed E-state index contributed by atoms with van der Waals surface area (Å²) in [7, 11) is 0. The van der Waals surface area contributed by atoms with Gasteiger partial charge in [-0.1, -0.05) is 29.8 Å². The van der Waals surface area contributed by atoms with E-state index in [9.17, 15) is 9.59 Å². The van der Waals surface area contributed by atoms with Crippen molar-refractivity contribution < 1.29 is 9.59 Å². The first-order chi connectivity index (χ1) is 11.1. The topological polar surface area (TPSA) is 74.8 Å². The number of anilines is 1. The Morgan fingerprint density at radius 2 is 1.87 bits per heavy atom. The van der Waals surface area contributed by atoms with Crippen molar-refractivity contribution >= 4 is 28.4 Å². The summed E-state index contributed by atoms with van der Waals surface area (Å²) in [4.78, 5) is 31.2. The minimum atomic E-state index is -0.177. The molecule has 3 rings (SSSR count). The maximum atomic E-state index is 12.1. The molecule has 2 N–H and O–H groups in total. The Labute approximate surface area is 133 Å². The first kappa shape index (κ1) is 15.0. The molecule has 0 unspecified atom stereocenters. The fourth-order valence-corrected chi connectivity index (χ4v) is 2.35. The van der Waals surface area contributed by atoms with Crippen LogP contribution in [-0.2, 0) is 4.79 Å². The Balaban J connectivity index is 1.56. The minimum Gasteiger partial charge on any atom is -0.345 e. The van der Waals surface area contributed by atoms with Crippen LogP contribution in [0.2, 0.25) is 0 Å². The van der Waals surface area contributed by atoms with E-state index in [-0.39, 0.29) is 24.5 Å². The molecule has 1 aromatic heterocycles. The van der Waals surface area contributed by atoms with Crippen LogP contribution in [0.3, 0.4) is 0 Å². The molecule has 2 aromatic carbocycles. The monoisotopic (exact) mass is 307 g/mol. The zero-order chi connectivity index (χ0) is 16.2. The lowest BCUT2D eigenvalue weighted by molar-refractivity contribution is -0.116. The van der Waals surface area contributed by atoms with E-state index < -0.39 is 0 Å². The number of nitrogens with one attached hydrogen (secondary N) is 2. The smallest absolute Gasteiger partial charge is 0.224 e. The number of benzene rings is 2. The number of aromatic nitrogens is 2. The van der Waals surface area contributed by atoms with Gasteiger partial charge < -0.3 is 10.3 Å². The standard InChI is InChI=1S/C18H17N3O2/c1-12-2-4-13(5-3-12)17(22)8-9-18(23)21-14-6-7-15-16(10-14)20-11-19-15/h2-7,10-11H,8-9H2,1H3,(H,19,20)(H,21,23). The fourth-order valence-electron chi connectivity index (χ4n) is 2.35. The molecule has 0 aliphatic heterocycles. The number of fused-ring (bicyclic) bond motifs is 1. The van der Waals surface area contributed by atoms with Gasteiger partial charge in [-0.15, -0.1) is 0 Å². The molecule has 3 aromatic rings. The Hall–Kier alpha value is -2.95. The van der Waals surface area contributed by atoms with E-state index in [0.717, 1.165) is 16.6 Å². The van der Waals surface area contributed by atoms with Crippen molar-refractivity contribution in [1.29, 1.82) is 0 Å². The van der Waals surface area contributed by atoms with Crippen LogP contribution in [0, 0.1) is 6.92 Å². The number of nitrogens with zero attached hydrogens (tertiary/aromatic N) is 1. The number of aryl methyl sites for hydroxylation is 1. The van der Waals surface area contributed by atoms with Crippen LogP contribution in [0.4, 0.5) is 5.69 Å². The summed E-state index contributed by atoms with van der Waals surface area (Å²) < 4.78 is 0. The zero-order valence-corrected chi connectivity index (χ0v) is 12.8. The summed E-state index contributed by atoms with van der Waals surface area (Å²) in [5, 5.41) is 2.80. The molecular formula is C18H17N3O2. The molecule has 0 fully saturated rings. The second kappa shape index (κ2) is 6.44. The third kappa shape index (κ3) is 3.63. The summed E-state index contributed by atoms with van der Waals surface area (Å²) in [6.07, 6.45) is 1.96. The van der Waals surface area contributed by atoms with E-state index >= 15 is 0 Å². The highest BCUT2D eigenvalue weighted by molar-refractivity contribution is 6.00. The van der Waals surface area contributed by atoms with Gasteiger partial charge in [-0.3, -0.25) is 9.59 Å². The minimum absolute atomic E-state index is 0.0239. The summed E-state index contributed by atoms with van der Waals surface area (Å²) in [5.74, 6) is -0.200. The number of hydrogen-bond acceptors (Lipinski definition) is 3. The van der Waals surface area contributed by atoms with E-state index in [1.54, 1.807) is 24.5 Å². The van der Waals surface area contributed by atoms with Crippen molar-refractivity contribution in [1.82, 2.24) is 9.97 Å². The molecule has 0 atom stereocenters. The summed E-state index contributed by atoms with van der Waals surface area (Å²) >= 11 is 0. The number of rotatable bonds is 5. The Bertz CT molecular complexity index is 850. The summed E-state index contributed by atoms with van der Waals surface area (Å²) in [6, 6.07) is 12.8. The van der Waals surface area contributed by atoms with Crippen LogP contribution in [0.25, 0.3) is 11.0 Å². The number of amides is 1. The van der Waals surface area contributed by atoms with Crippen molar-refractivity contribution in [2.45, 2.75) is 19.8 Å². The molecule has 1 amide bonds. The molecule has 5 heteroatoms. The van der Waals surface area contributed by atoms with Gasteiger partial charge in [0.05, 0.1) is 17.4 Å². The quantitative estimate of drug-likeness (QED) is 0.709. The number of carbonyl (C=O) groups is 2. The number of H-pyrrole nitrogens is 1. The lowest BCUT2D eigenvalue weighted by atomic mass is 10.0. The van der Waals surface area contributed by atoms with Crippen molar-refractivity contribution in [3.8, 4) is 0 Å². The van der Waals surface area contributed by atoms with E-state index in [4.69, 9.17) is 0 Å². The number of ketones is 1. The van der Waals surface area contributed by atoms with Crippen LogP contribution in [0.1, 0.15) is 28.8 Å². The second-order valence-electron chi connectivity index (χ2n) is 5.47. The molecule has 23 heavy (non-hydrogen) atoms. The predicted molar refractivity (Wildman–Crippen MR) is 89.5 cm³/mol. The maximum Gasteiger partial charge on any atom is 0.224 e. The Kier molecular flexibility index (Phi) is 4.19. The van der Waals surface area contributed by atoms with Crippen molar-refractivity contribution in [2.24, 2.45) is 0 Å². The van der Waals surface area contributed by atoms with Gasteiger partial charge in [0.15, 0.2) is 5.78 Å². The Morgan fingerprint density at radius 1 is 1.09 bits per heavy atom. The molecule has 1 heterocycles. The largest absolute Gasteiger partial charge is 0.345 e. The van der Waals surface area contributed by atoms with E-state index in [1.165, 1.54) is 0 Å². The molecule has 116 valence electrons. The van der Waals surface area contributed by atoms with E-state index in [0.29, 0.717) is 11.3 Å². The highest BCUT2D eigenvalue weighted by Crippen LogP contribution is 2.16. The first-order valence-electron chi connectivity index (χ1n) is 7.45. The molecule has 0 saturated carbocycles. The van der Waals surface area contributed by atoms with Gasteiger partial charge in [-0.25, -0.2) is 4.98 Å². The number of imidazole rings is 1. The molecule has 0 spiro atoms. The van der Waals surface area contributed by atoms with Gasteiger partial charge in [0.2, 0.25) is 5.91 Å². The third-order valence-corrected chi connectivity index (χ3v) is 3.66. The van der Waals surface area contributed by atoms with Crippen LogP contribution in [0.5, 0.6) is 0 Å². The number of carbonyl (C=O) groups excluding carboxylic acids is 2. The normalized spacial score (nSPS) is 10.7. The van der Waals surface area contributed by atoms with Gasteiger partial charge in [0.1, 0.15) is 0 Å². The van der Waals surface area contributed by atoms with Gasteiger partial charge in [0, 0.05) is 24.1 Å². The average Bonchev–Trinajstić information content (AvgIpc) is 3.01. The Morgan fingerprint density at radius 3 is 2.65 bits per heavy atom. The summed E-state index contributed by atoms with van der Waals surface area (Å²) in [5.41, 5.74) is 4.14. The highest BCUT2D eigenvalue weighted by atomic mass is 16.2. The average molecular weight is 307 g/mol. The van der Waals surface area contributed by atoms with Crippen LogP contribution in [0.15, 0.2) is 48.8 Å². The lowest BCUT2D eigenvalue weighted by Crippen LogP contribution is -2.13. The lowest BCUT2D eigenvalue weighted by Gasteiger charge is -2.05. The zero-order valence-electron chi connectivity index (χ0n) is 12.8. The van der Waals surface area contributed by atoms with Crippen LogP contribution >= 0.6 is 0 Å². The van der Waals surface area contributed by atoms with Crippen molar-refractivity contribution in [2.75, 3.05) is 5.32 Å². The van der Waals surface area contributed by atoms with Crippen molar-refractivity contribution in [3.05, 3.63) is 59.9 Å². The molecular weight excluding hydrogens is 290 g/mol.